The Morgan fingerprint density at radius 1 is 1.17 bits per heavy atom. The van der Waals surface area contributed by atoms with E-state index in [0.29, 0.717) is 12.2 Å². The Balaban J connectivity index is 2.03. The molecule has 4 nitrogen and oxygen atoms in total. The van der Waals surface area contributed by atoms with Crippen LogP contribution in [0.4, 0.5) is 0 Å². The Morgan fingerprint density at radius 2 is 1.91 bits per heavy atom. The van der Waals surface area contributed by atoms with Gasteiger partial charge in [-0.05, 0) is 55.0 Å². The largest absolute Gasteiger partial charge is 0.497 e. The number of ether oxygens (including phenoxy) is 2. The average Bonchev–Trinajstić information content (AvgIpc) is 3.00. The van der Waals surface area contributed by atoms with E-state index in [0.717, 1.165) is 32.4 Å². The summed E-state index contributed by atoms with van der Waals surface area (Å²) in [6, 6.07) is 13.5. The minimum atomic E-state index is -0.323. The van der Waals surface area contributed by atoms with E-state index in [1.165, 1.54) is 0 Å². The maximum atomic E-state index is 11.9. The molecule has 0 bridgehead atoms. The molecule has 5 heteroatoms. The van der Waals surface area contributed by atoms with E-state index in [4.69, 9.17) is 9.47 Å². The van der Waals surface area contributed by atoms with Gasteiger partial charge >= 0.3 is 5.97 Å². The molecule has 0 radical (unpaired) electrons. The number of methoxy groups -OCH3 is 1. The molecule has 1 aromatic heterocycles. The molecular weight excluding hydrogens is 358 g/mol. The molecule has 0 unspecified atom stereocenters. The van der Waals surface area contributed by atoms with Crippen LogP contribution < -0.4 is 4.74 Å². The number of carbonyl (C=O) groups is 1. The lowest BCUT2D eigenvalue weighted by Gasteiger charge is -2.03. The Bertz CT molecular complexity index is 853. The lowest BCUT2D eigenvalue weighted by molar-refractivity contribution is 0.0526. The predicted molar refractivity (Wildman–Crippen MR) is 93.9 cm³/mol. The molecule has 0 aliphatic carbocycles. The summed E-state index contributed by atoms with van der Waals surface area (Å²) in [4.78, 5) is 15.3. The first-order valence-electron chi connectivity index (χ1n) is 7.26. The van der Waals surface area contributed by atoms with Crippen LogP contribution in [0.25, 0.3) is 22.2 Å². The van der Waals surface area contributed by atoms with Crippen molar-refractivity contribution < 1.29 is 14.3 Å². The van der Waals surface area contributed by atoms with Crippen LogP contribution in [0.5, 0.6) is 5.75 Å². The van der Waals surface area contributed by atoms with Crippen LogP contribution in [-0.4, -0.2) is 24.7 Å². The van der Waals surface area contributed by atoms with Gasteiger partial charge in [0, 0.05) is 21.1 Å². The Hall–Kier alpha value is -2.27. The zero-order chi connectivity index (χ0) is 16.4. The van der Waals surface area contributed by atoms with Crippen molar-refractivity contribution >= 4 is 32.8 Å². The third-order valence-corrected chi connectivity index (χ3v) is 4.26. The standard InChI is InChI=1S/C18H16BrNO3/c1-3-23-18(21)12-8-15(19)14-10-16(20-17(14)9-12)11-4-6-13(22-2)7-5-11/h4-10,20H,3H2,1-2H3. The van der Waals surface area contributed by atoms with Gasteiger partial charge in [0.1, 0.15) is 5.75 Å². The van der Waals surface area contributed by atoms with Gasteiger partial charge in [-0.15, -0.1) is 0 Å². The summed E-state index contributed by atoms with van der Waals surface area (Å²) in [6.07, 6.45) is 0. The van der Waals surface area contributed by atoms with Crippen molar-refractivity contribution in [1.29, 1.82) is 0 Å². The first-order chi connectivity index (χ1) is 11.1. The SMILES string of the molecule is CCOC(=O)c1cc(Br)c2cc(-c3ccc(OC)cc3)[nH]c2c1. The fourth-order valence-electron chi connectivity index (χ4n) is 2.45. The normalized spacial score (nSPS) is 10.7. The number of halogens is 1. The fourth-order valence-corrected chi connectivity index (χ4v) is 3.03. The molecule has 0 atom stereocenters. The molecule has 0 saturated heterocycles. The van der Waals surface area contributed by atoms with E-state index < -0.39 is 0 Å². The number of esters is 1. The van der Waals surface area contributed by atoms with Gasteiger partial charge in [-0.1, -0.05) is 15.9 Å². The first kappa shape index (κ1) is 15.6. The summed E-state index contributed by atoms with van der Waals surface area (Å²) in [6.45, 7) is 2.15. The molecule has 3 aromatic rings. The Morgan fingerprint density at radius 3 is 2.57 bits per heavy atom. The maximum absolute atomic E-state index is 11.9. The number of hydrogen-bond donors (Lipinski definition) is 1. The van der Waals surface area contributed by atoms with Gasteiger partial charge in [-0.2, -0.15) is 0 Å². The van der Waals surface area contributed by atoms with Crippen molar-refractivity contribution in [2.45, 2.75) is 6.92 Å². The van der Waals surface area contributed by atoms with E-state index in [2.05, 4.69) is 27.0 Å². The van der Waals surface area contributed by atoms with Crippen molar-refractivity contribution in [2.24, 2.45) is 0 Å². The number of aromatic amines is 1. The second-order valence-electron chi connectivity index (χ2n) is 5.05. The van der Waals surface area contributed by atoms with Crippen molar-refractivity contribution in [3.8, 4) is 17.0 Å². The van der Waals surface area contributed by atoms with Crippen LogP contribution in [0.2, 0.25) is 0 Å². The maximum Gasteiger partial charge on any atom is 0.338 e. The van der Waals surface area contributed by atoms with E-state index in [1.807, 2.05) is 30.3 Å². The molecule has 0 saturated carbocycles. The smallest absolute Gasteiger partial charge is 0.338 e. The second-order valence-corrected chi connectivity index (χ2v) is 5.91. The summed E-state index contributed by atoms with van der Waals surface area (Å²) >= 11 is 3.53. The van der Waals surface area contributed by atoms with Crippen molar-refractivity contribution in [3.05, 3.63) is 52.5 Å². The topological polar surface area (TPSA) is 51.3 Å². The van der Waals surface area contributed by atoms with Gasteiger partial charge in [-0.25, -0.2) is 4.79 Å². The predicted octanol–water partition coefficient (Wildman–Crippen LogP) is 4.78. The van der Waals surface area contributed by atoms with Crippen LogP contribution >= 0.6 is 15.9 Å². The third kappa shape index (κ3) is 3.10. The number of fused-ring (bicyclic) bond motifs is 1. The summed E-state index contributed by atoms with van der Waals surface area (Å²) in [5.74, 6) is 0.492. The van der Waals surface area contributed by atoms with E-state index in [9.17, 15) is 4.79 Å². The number of H-pyrrole nitrogens is 1. The van der Waals surface area contributed by atoms with Crippen molar-refractivity contribution in [1.82, 2.24) is 4.98 Å². The highest BCUT2D eigenvalue weighted by Gasteiger charge is 2.13. The zero-order valence-corrected chi connectivity index (χ0v) is 14.4. The highest BCUT2D eigenvalue weighted by Crippen LogP contribution is 2.31. The van der Waals surface area contributed by atoms with Gasteiger partial charge in [-0.3, -0.25) is 0 Å². The molecule has 118 valence electrons. The highest BCUT2D eigenvalue weighted by atomic mass is 79.9. The van der Waals surface area contributed by atoms with Crippen LogP contribution in [0.3, 0.4) is 0 Å². The number of rotatable bonds is 4. The van der Waals surface area contributed by atoms with Gasteiger partial charge in [0.2, 0.25) is 0 Å². The number of carbonyl (C=O) groups excluding carboxylic acids is 1. The summed E-state index contributed by atoms with van der Waals surface area (Å²) in [5, 5.41) is 1.02. The minimum absolute atomic E-state index is 0.323. The molecule has 0 spiro atoms. The monoisotopic (exact) mass is 373 g/mol. The molecule has 23 heavy (non-hydrogen) atoms. The van der Waals surface area contributed by atoms with Crippen LogP contribution in [0.1, 0.15) is 17.3 Å². The summed E-state index contributed by atoms with van der Waals surface area (Å²) in [7, 11) is 1.64. The summed E-state index contributed by atoms with van der Waals surface area (Å²) in [5.41, 5.74) is 3.43. The first-order valence-corrected chi connectivity index (χ1v) is 8.05. The van der Waals surface area contributed by atoms with Gasteiger partial charge in [0.15, 0.2) is 0 Å². The molecule has 1 heterocycles. The number of aromatic nitrogens is 1. The quantitative estimate of drug-likeness (QED) is 0.669. The van der Waals surface area contributed by atoms with Crippen LogP contribution in [0, 0.1) is 0 Å². The molecule has 0 aliphatic heterocycles. The molecule has 0 aliphatic rings. The lowest BCUT2D eigenvalue weighted by Crippen LogP contribution is -2.04. The molecule has 0 fully saturated rings. The van der Waals surface area contributed by atoms with E-state index >= 15 is 0 Å². The third-order valence-electron chi connectivity index (χ3n) is 3.60. The Labute approximate surface area is 142 Å². The van der Waals surface area contributed by atoms with E-state index in [-0.39, 0.29) is 5.97 Å². The Kier molecular flexibility index (Phi) is 4.39. The van der Waals surface area contributed by atoms with Crippen LogP contribution in [-0.2, 0) is 4.74 Å². The number of nitrogens with one attached hydrogen (secondary N) is 1. The van der Waals surface area contributed by atoms with Crippen molar-refractivity contribution in [3.63, 3.8) is 0 Å². The van der Waals surface area contributed by atoms with Crippen LogP contribution in [0.15, 0.2) is 46.9 Å². The fraction of sp³-hybridized carbons (Fsp3) is 0.167. The zero-order valence-electron chi connectivity index (χ0n) is 12.9. The van der Waals surface area contributed by atoms with Gasteiger partial charge in [0.25, 0.3) is 0 Å². The molecule has 0 amide bonds. The number of hydrogen-bond acceptors (Lipinski definition) is 3. The molecule has 1 N–H and O–H groups in total. The lowest BCUT2D eigenvalue weighted by atomic mass is 10.1. The minimum Gasteiger partial charge on any atom is -0.497 e. The molecule has 2 aromatic carbocycles. The van der Waals surface area contributed by atoms with Crippen molar-refractivity contribution in [2.75, 3.05) is 13.7 Å². The number of benzene rings is 2. The molecule has 3 rings (SSSR count). The highest BCUT2D eigenvalue weighted by molar-refractivity contribution is 9.10. The van der Waals surface area contributed by atoms with Gasteiger partial charge in [0.05, 0.1) is 19.3 Å². The second kappa shape index (κ2) is 6.46. The van der Waals surface area contributed by atoms with E-state index in [1.54, 1.807) is 20.1 Å². The average molecular weight is 374 g/mol. The van der Waals surface area contributed by atoms with Gasteiger partial charge < -0.3 is 14.5 Å². The molecular formula is C18H16BrNO3. The summed E-state index contributed by atoms with van der Waals surface area (Å²) < 4.78 is 11.1.